The van der Waals surface area contributed by atoms with E-state index in [1.807, 2.05) is 34.9 Å². The number of carbonyl (C=O) groups excluding carboxylic acids is 1. The maximum absolute atomic E-state index is 13.2. The Kier molecular flexibility index (Phi) is 5.35. The summed E-state index contributed by atoms with van der Waals surface area (Å²) >= 11 is 6.24. The van der Waals surface area contributed by atoms with E-state index in [1.54, 1.807) is 19.2 Å². The smallest absolute Gasteiger partial charge is 0.272 e. The van der Waals surface area contributed by atoms with E-state index >= 15 is 0 Å². The molecule has 6 heteroatoms. The Hall–Kier alpha value is -2.76. The Morgan fingerprint density at radius 1 is 1.10 bits per heavy atom. The molecule has 1 amide bonds. The van der Waals surface area contributed by atoms with Gasteiger partial charge in [0.2, 0.25) is 0 Å². The molecule has 2 aromatic heterocycles. The lowest BCUT2D eigenvalue weighted by atomic mass is 10.2. The van der Waals surface area contributed by atoms with E-state index < -0.39 is 0 Å². The molecule has 0 unspecified atom stereocenters. The molecule has 0 aliphatic carbocycles. The Labute approximate surface area is 174 Å². The molecule has 150 valence electrons. The minimum atomic E-state index is -0.190. The fourth-order valence-electron chi connectivity index (χ4n) is 3.92. The van der Waals surface area contributed by atoms with Crippen molar-refractivity contribution in [1.82, 2.24) is 9.13 Å². The van der Waals surface area contributed by atoms with Gasteiger partial charge in [-0.15, -0.1) is 0 Å². The average molecular weight is 410 g/mol. The van der Waals surface area contributed by atoms with Gasteiger partial charge in [0.15, 0.2) is 0 Å². The summed E-state index contributed by atoms with van der Waals surface area (Å²) in [7, 11) is 1.67. The first-order valence-electron chi connectivity index (χ1n) is 9.70. The molecule has 0 fully saturated rings. The van der Waals surface area contributed by atoms with Crippen molar-refractivity contribution in [3.05, 3.63) is 65.3 Å². The molecule has 0 saturated carbocycles. The fraction of sp³-hybridized carbons (Fsp3) is 0.261. The summed E-state index contributed by atoms with van der Waals surface area (Å²) in [4.78, 5) is 13.2. The van der Waals surface area contributed by atoms with Crippen LogP contribution in [0, 0.1) is 0 Å². The molecule has 0 aliphatic rings. The first kappa shape index (κ1) is 19.6. The van der Waals surface area contributed by atoms with Gasteiger partial charge in [0.25, 0.3) is 5.91 Å². The quantitative estimate of drug-likeness (QED) is 0.442. The molecule has 0 saturated heterocycles. The first-order valence-corrected chi connectivity index (χ1v) is 10.1. The van der Waals surface area contributed by atoms with Crippen LogP contribution in [0.1, 0.15) is 30.4 Å². The highest BCUT2D eigenvalue weighted by Gasteiger charge is 2.23. The minimum Gasteiger partial charge on any atom is -0.383 e. The van der Waals surface area contributed by atoms with E-state index in [1.165, 1.54) is 0 Å². The largest absolute Gasteiger partial charge is 0.383 e. The van der Waals surface area contributed by atoms with Gasteiger partial charge in [-0.05, 0) is 38.1 Å². The normalized spacial score (nSPS) is 11.6. The molecule has 0 aliphatic heterocycles. The van der Waals surface area contributed by atoms with E-state index in [0.717, 1.165) is 21.9 Å². The molecule has 2 heterocycles. The summed E-state index contributed by atoms with van der Waals surface area (Å²) in [6.45, 7) is 5.40. The minimum absolute atomic E-state index is 0.190. The predicted molar refractivity (Wildman–Crippen MR) is 119 cm³/mol. The van der Waals surface area contributed by atoms with Crippen molar-refractivity contribution in [2.24, 2.45) is 0 Å². The van der Waals surface area contributed by atoms with Gasteiger partial charge in [-0.1, -0.05) is 41.9 Å². The third-order valence-electron chi connectivity index (χ3n) is 5.15. The van der Waals surface area contributed by atoms with Gasteiger partial charge in [-0.3, -0.25) is 4.79 Å². The zero-order valence-electron chi connectivity index (χ0n) is 16.8. The monoisotopic (exact) mass is 409 g/mol. The second-order valence-corrected chi connectivity index (χ2v) is 7.73. The molecule has 4 rings (SSSR count). The SMILES string of the molecule is COCCn1c(C(=O)Nc2ccccc2Cl)cc2c1c1ccccc1n2C(C)C. The van der Waals surface area contributed by atoms with Gasteiger partial charge in [0, 0.05) is 25.1 Å². The molecule has 0 spiro atoms. The van der Waals surface area contributed by atoms with E-state index in [-0.39, 0.29) is 11.9 Å². The van der Waals surface area contributed by atoms with Crippen LogP contribution >= 0.6 is 11.6 Å². The number of para-hydroxylation sites is 2. The number of ether oxygens (including phenoxy) is 1. The van der Waals surface area contributed by atoms with Crippen molar-refractivity contribution < 1.29 is 9.53 Å². The zero-order chi connectivity index (χ0) is 20.5. The van der Waals surface area contributed by atoms with E-state index in [4.69, 9.17) is 16.3 Å². The Balaban J connectivity index is 1.90. The van der Waals surface area contributed by atoms with Crippen LogP contribution in [0.3, 0.4) is 0 Å². The number of hydrogen-bond acceptors (Lipinski definition) is 2. The number of hydrogen-bond donors (Lipinski definition) is 1. The molecule has 2 aromatic carbocycles. The number of amides is 1. The highest BCUT2D eigenvalue weighted by Crippen LogP contribution is 2.34. The zero-order valence-corrected chi connectivity index (χ0v) is 17.5. The summed E-state index contributed by atoms with van der Waals surface area (Å²) in [5.41, 5.74) is 4.45. The number of halogens is 1. The third-order valence-corrected chi connectivity index (χ3v) is 5.47. The van der Waals surface area contributed by atoms with Gasteiger partial charge < -0.3 is 19.2 Å². The van der Waals surface area contributed by atoms with Crippen molar-refractivity contribution in [1.29, 1.82) is 0 Å². The second kappa shape index (κ2) is 7.93. The number of anilines is 1. The van der Waals surface area contributed by atoms with Crippen LogP contribution in [0.5, 0.6) is 0 Å². The maximum Gasteiger partial charge on any atom is 0.272 e. The fourth-order valence-corrected chi connectivity index (χ4v) is 4.11. The van der Waals surface area contributed by atoms with Crippen LogP contribution in [-0.4, -0.2) is 28.8 Å². The van der Waals surface area contributed by atoms with Crippen LogP contribution in [-0.2, 0) is 11.3 Å². The van der Waals surface area contributed by atoms with Gasteiger partial charge >= 0.3 is 0 Å². The van der Waals surface area contributed by atoms with Crippen LogP contribution in [0.2, 0.25) is 5.02 Å². The molecule has 0 atom stereocenters. The molecule has 4 aromatic rings. The molecule has 0 radical (unpaired) electrons. The molecule has 0 bridgehead atoms. The summed E-state index contributed by atoms with van der Waals surface area (Å²) in [6, 6.07) is 17.8. The summed E-state index contributed by atoms with van der Waals surface area (Å²) in [6.07, 6.45) is 0. The number of aromatic nitrogens is 2. The molecule has 1 N–H and O–H groups in total. The highest BCUT2D eigenvalue weighted by molar-refractivity contribution is 6.34. The Bertz CT molecular complexity index is 1190. The van der Waals surface area contributed by atoms with E-state index in [2.05, 4.69) is 35.9 Å². The second-order valence-electron chi connectivity index (χ2n) is 7.32. The van der Waals surface area contributed by atoms with Gasteiger partial charge in [0.1, 0.15) is 5.69 Å². The molecule has 29 heavy (non-hydrogen) atoms. The van der Waals surface area contributed by atoms with E-state index in [0.29, 0.717) is 29.6 Å². The van der Waals surface area contributed by atoms with Gasteiger partial charge in [-0.2, -0.15) is 0 Å². The number of methoxy groups -OCH3 is 1. The topological polar surface area (TPSA) is 48.2 Å². The van der Waals surface area contributed by atoms with Crippen molar-refractivity contribution in [3.8, 4) is 0 Å². The molecular weight excluding hydrogens is 386 g/mol. The van der Waals surface area contributed by atoms with Gasteiger partial charge in [-0.25, -0.2) is 0 Å². The summed E-state index contributed by atoms with van der Waals surface area (Å²) in [5, 5.41) is 4.59. The van der Waals surface area contributed by atoms with Crippen LogP contribution in [0.15, 0.2) is 54.6 Å². The van der Waals surface area contributed by atoms with E-state index in [9.17, 15) is 4.79 Å². The highest BCUT2D eigenvalue weighted by atomic mass is 35.5. The Morgan fingerprint density at radius 2 is 1.83 bits per heavy atom. The first-order chi connectivity index (χ1) is 14.0. The van der Waals surface area contributed by atoms with Crippen LogP contribution in [0.25, 0.3) is 21.9 Å². The Morgan fingerprint density at radius 3 is 2.55 bits per heavy atom. The summed E-state index contributed by atoms with van der Waals surface area (Å²) in [5.74, 6) is -0.190. The van der Waals surface area contributed by atoms with Crippen molar-refractivity contribution in [3.63, 3.8) is 0 Å². The van der Waals surface area contributed by atoms with Crippen LogP contribution < -0.4 is 5.32 Å². The standard InChI is InChI=1S/C23H24ClN3O2/c1-15(2)27-19-11-7-4-8-16(19)22-20(27)14-21(26(22)12-13-29-3)23(28)25-18-10-6-5-9-17(18)24/h4-11,14-15H,12-13H2,1-3H3,(H,25,28). The molecular formula is C23H24ClN3O2. The van der Waals surface area contributed by atoms with Crippen molar-refractivity contribution in [2.45, 2.75) is 26.4 Å². The lowest BCUT2D eigenvalue weighted by molar-refractivity contribution is 0.101. The lowest BCUT2D eigenvalue weighted by Crippen LogP contribution is -2.18. The predicted octanol–water partition coefficient (Wildman–Crippen LogP) is 5.73. The van der Waals surface area contributed by atoms with Crippen LogP contribution in [0.4, 0.5) is 5.69 Å². The number of nitrogens with zero attached hydrogens (tertiary/aromatic N) is 2. The summed E-state index contributed by atoms with van der Waals surface area (Å²) < 4.78 is 9.65. The van der Waals surface area contributed by atoms with Crippen molar-refractivity contribution >= 4 is 45.1 Å². The number of benzene rings is 2. The number of carbonyl (C=O) groups is 1. The lowest BCUT2D eigenvalue weighted by Gasteiger charge is -2.12. The third kappa shape index (κ3) is 3.41. The molecule has 5 nitrogen and oxygen atoms in total. The van der Waals surface area contributed by atoms with Gasteiger partial charge in [0.05, 0.1) is 33.9 Å². The number of fused-ring (bicyclic) bond motifs is 3. The van der Waals surface area contributed by atoms with Crippen molar-refractivity contribution in [2.75, 3.05) is 19.0 Å². The average Bonchev–Trinajstić information content (AvgIpc) is 3.22. The maximum atomic E-state index is 13.2. The number of rotatable bonds is 6. The number of nitrogens with one attached hydrogen (secondary N) is 1.